The van der Waals surface area contributed by atoms with Crippen LogP contribution in [0.3, 0.4) is 0 Å². The van der Waals surface area contributed by atoms with Gasteiger partial charge in [-0.3, -0.25) is 4.72 Å². The van der Waals surface area contributed by atoms with Crippen molar-refractivity contribution in [2.24, 2.45) is 0 Å². The summed E-state index contributed by atoms with van der Waals surface area (Å²) >= 11 is 5.45. The van der Waals surface area contributed by atoms with Crippen LogP contribution >= 0.6 is 11.6 Å². The minimum atomic E-state index is -5.59. The topological polar surface area (TPSA) is 83.6 Å². The van der Waals surface area contributed by atoms with Crippen LogP contribution in [0.15, 0.2) is 24.3 Å². The van der Waals surface area contributed by atoms with E-state index in [2.05, 4.69) is 0 Å². The molecule has 0 spiro atoms. The Hall–Kier alpha value is -1.04. The van der Waals surface area contributed by atoms with Crippen LogP contribution in [-0.2, 0) is 26.6 Å². The average Bonchev–Trinajstić information content (AvgIpc) is 2.45. The van der Waals surface area contributed by atoms with Crippen molar-refractivity contribution in [3.63, 3.8) is 0 Å². The third kappa shape index (κ3) is 5.50. The molecule has 0 amide bonds. The summed E-state index contributed by atoms with van der Waals surface area (Å²) in [6.45, 7) is -0.291. The van der Waals surface area contributed by atoms with Crippen LogP contribution in [0.1, 0.15) is 12.0 Å². The lowest BCUT2D eigenvalue weighted by Crippen LogP contribution is -2.32. The van der Waals surface area contributed by atoms with Gasteiger partial charge in [0.1, 0.15) is 0 Å². The van der Waals surface area contributed by atoms with E-state index in [0.717, 1.165) is 10.4 Å². The number of benzene rings is 1. The molecule has 0 radical (unpaired) electrons. The Labute approximate surface area is 143 Å². The van der Waals surface area contributed by atoms with E-state index in [1.54, 1.807) is 0 Å². The van der Waals surface area contributed by atoms with Gasteiger partial charge in [0, 0.05) is 19.5 Å². The molecular weight excluding hydrogens is 393 g/mol. The maximum absolute atomic E-state index is 12.5. The molecule has 1 aromatic rings. The molecule has 1 aromatic carbocycles. The van der Waals surface area contributed by atoms with Crippen LogP contribution in [0.25, 0.3) is 0 Å². The first-order valence-corrected chi connectivity index (χ1v) is 10.2. The smallest absolute Gasteiger partial charge is 0.276 e. The van der Waals surface area contributed by atoms with Gasteiger partial charge in [-0.15, -0.1) is 11.6 Å². The molecule has 0 aliphatic carbocycles. The lowest BCUT2D eigenvalue weighted by molar-refractivity contribution is -0.0429. The number of nitrogens with one attached hydrogen (secondary N) is 1. The lowest BCUT2D eigenvalue weighted by Gasteiger charge is -2.19. The first-order chi connectivity index (χ1) is 10.9. The number of rotatable bonds is 8. The minimum Gasteiger partial charge on any atom is -0.276 e. The third-order valence-electron chi connectivity index (χ3n) is 2.97. The van der Waals surface area contributed by atoms with Gasteiger partial charge in [-0.2, -0.15) is 21.6 Å². The van der Waals surface area contributed by atoms with Gasteiger partial charge in [-0.25, -0.2) is 12.7 Å². The number of nitrogens with zero attached hydrogens (tertiary/aromatic N) is 1. The molecular formula is C12H16ClF3N2O4S2. The average molecular weight is 409 g/mol. The predicted molar refractivity (Wildman–Crippen MR) is 85.6 cm³/mol. The van der Waals surface area contributed by atoms with Crippen molar-refractivity contribution in [2.45, 2.75) is 18.5 Å². The third-order valence-corrected chi connectivity index (χ3v) is 6.22. The van der Waals surface area contributed by atoms with E-state index < -0.39 is 25.6 Å². The fourth-order valence-corrected chi connectivity index (χ4v) is 3.74. The highest BCUT2D eigenvalue weighted by Gasteiger charge is 2.46. The van der Waals surface area contributed by atoms with Crippen LogP contribution in [0.2, 0.25) is 0 Å². The van der Waals surface area contributed by atoms with Crippen molar-refractivity contribution < 1.29 is 30.0 Å². The molecule has 0 aliphatic rings. The normalized spacial score (nSPS) is 13.2. The van der Waals surface area contributed by atoms with Crippen molar-refractivity contribution in [1.82, 2.24) is 4.31 Å². The molecule has 138 valence electrons. The quantitative estimate of drug-likeness (QED) is 0.669. The van der Waals surface area contributed by atoms with Gasteiger partial charge in [-0.1, -0.05) is 18.2 Å². The number of para-hydroxylation sites is 1. The number of sulfonamides is 2. The van der Waals surface area contributed by atoms with E-state index in [9.17, 15) is 30.0 Å². The molecule has 0 atom stereocenters. The molecule has 0 aromatic heterocycles. The summed E-state index contributed by atoms with van der Waals surface area (Å²) in [4.78, 5) is 0. The van der Waals surface area contributed by atoms with E-state index in [1.807, 2.05) is 0 Å². The largest absolute Gasteiger partial charge is 0.516 e. The predicted octanol–water partition coefficient (Wildman–Crippen LogP) is 2.34. The van der Waals surface area contributed by atoms with Crippen LogP contribution in [0.5, 0.6) is 0 Å². The van der Waals surface area contributed by atoms with E-state index in [4.69, 9.17) is 11.6 Å². The van der Waals surface area contributed by atoms with Crippen molar-refractivity contribution in [1.29, 1.82) is 0 Å². The minimum absolute atomic E-state index is 0.0854. The molecule has 0 bridgehead atoms. The summed E-state index contributed by atoms with van der Waals surface area (Å²) in [5.41, 5.74) is -5.73. The first kappa shape index (κ1) is 21.0. The van der Waals surface area contributed by atoms with Crippen molar-refractivity contribution >= 4 is 37.3 Å². The molecule has 24 heavy (non-hydrogen) atoms. The van der Waals surface area contributed by atoms with Crippen molar-refractivity contribution in [2.75, 3.05) is 23.4 Å². The fourth-order valence-electron chi connectivity index (χ4n) is 1.69. The molecule has 0 saturated heterocycles. The molecule has 0 heterocycles. The Balaban J connectivity index is 3.04. The summed E-state index contributed by atoms with van der Waals surface area (Å²) in [7, 11) is -8.01. The summed E-state index contributed by atoms with van der Waals surface area (Å²) in [6, 6.07) is 5.25. The van der Waals surface area contributed by atoms with Gasteiger partial charge in [0.15, 0.2) is 0 Å². The Morgan fingerprint density at radius 2 is 1.75 bits per heavy atom. The van der Waals surface area contributed by atoms with Crippen LogP contribution in [0, 0.1) is 0 Å². The second kappa shape index (κ2) is 7.89. The van der Waals surface area contributed by atoms with Gasteiger partial charge >= 0.3 is 15.5 Å². The fraction of sp³-hybridized carbons (Fsp3) is 0.500. The van der Waals surface area contributed by atoms with E-state index in [0.29, 0.717) is 0 Å². The maximum atomic E-state index is 12.5. The summed E-state index contributed by atoms with van der Waals surface area (Å²) in [5, 5.41) is 0. The Bertz CT molecular complexity index is 767. The molecule has 6 nitrogen and oxygen atoms in total. The lowest BCUT2D eigenvalue weighted by atomic mass is 10.2. The number of hydrogen-bond acceptors (Lipinski definition) is 4. The number of hydrogen-bond donors (Lipinski definition) is 1. The Kier molecular flexibility index (Phi) is 6.91. The summed E-state index contributed by atoms with van der Waals surface area (Å²) in [6.07, 6.45) is 0.219. The summed E-state index contributed by atoms with van der Waals surface area (Å²) < 4.78 is 86.2. The first-order valence-electron chi connectivity index (χ1n) is 6.57. The number of alkyl halides is 4. The zero-order chi connectivity index (χ0) is 18.6. The van der Waals surface area contributed by atoms with Gasteiger partial charge in [-0.05, 0) is 18.1 Å². The Morgan fingerprint density at radius 1 is 1.17 bits per heavy atom. The van der Waals surface area contributed by atoms with Crippen molar-refractivity contribution in [3.05, 3.63) is 29.8 Å². The zero-order valence-corrected chi connectivity index (χ0v) is 14.9. The van der Waals surface area contributed by atoms with Gasteiger partial charge < -0.3 is 0 Å². The number of halogens is 4. The van der Waals surface area contributed by atoms with Gasteiger partial charge in [0.05, 0.1) is 11.4 Å². The standard InChI is InChI=1S/C12H16ClF3N2O4S2/c1-18(23(19,20)8-4-7-13)9-10-5-2-3-6-11(10)17-24(21,22)12(14,15)16/h2-3,5-6,17H,4,7-9H2,1H3. The molecule has 0 fully saturated rings. The zero-order valence-electron chi connectivity index (χ0n) is 12.5. The monoisotopic (exact) mass is 408 g/mol. The van der Waals surface area contributed by atoms with E-state index >= 15 is 0 Å². The molecule has 0 unspecified atom stereocenters. The molecule has 12 heteroatoms. The molecule has 0 aliphatic heterocycles. The maximum Gasteiger partial charge on any atom is 0.516 e. The number of anilines is 1. The summed E-state index contributed by atoms with van der Waals surface area (Å²) in [5.74, 6) is -0.0709. The van der Waals surface area contributed by atoms with Crippen molar-refractivity contribution in [3.8, 4) is 0 Å². The highest BCUT2D eigenvalue weighted by molar-refractivity contribution is 7.93. The van der Waals surface area contributed by atoms with Crippen LogP contribution < -0.4 is 4.72 Å². The van der Waals surface area contributed by atoms with Crippen LogP contribution in [0.4, 0.5) is 18.9 Å². The van der Waals surface area contributed by atoms with Gasteiger partial charge in [0.2, 0.25) is 10.0 Å². The molecule has 1 N–H and O–H groups in total. The second-order valence-electron chi connectivity index (χ2n) is 4.82. The Morgan fingerprint density at radius 3 is 2.29 bits per heavy atom. The highest BCUT2D eigenvalue weighted by Crippen LogP contribution is 2.27. The SMILES string of the molecule is CN(Cc1ccccc1NS(=O)(=O)C(F)(F)F)S(=O)(=O)CCCCl. The highest BCUT2D eigenvalue weighted by atomic mass is 35.5. The van der Waals surface area contributed by atoms with Gasteiger partial charge in [0.25, 0.3) is 0 Å². The molecule has 0 saturated carbocycles. The molecule has 1 rings (SSSR count). The van der Waals surface area contributed by atoms with E-state index in [1.165, 1.54) is 30.0 Å². The van der Waals surface area contributed by atoms with E-state index in [-0.39, 0.29) is 35.8 Å². The second-order valence-corrected chi connectivity index (χ2v) is 9.07. The van der Waals surface area contributed by atoms with Crippen LogP contribution in [-0.4, -0.2) is 45.3 Å².